The molecule has 1 rings (SSSR count). The molecule has 0 spiro atoms. The smallest absolute Gasteiger partial charge is 0.289 e. The summed E-state index contributed by atoms with van der Waals surface area (Å²) in [6, 6.07) is 1.34. The fourth-order valence-electron chi connectivity index (χ4n) is 0.764. The molecule has 0 saturated carbocycles. The molecule has 3 N–H and O–H groups in total. The number of hydrogen-bond acceptors (Lipinski definition) is 5. The topological polar surface area (TPSA) is 94.1 Å². The minimum absolute atomic E-state index is 0.0754. The van der Waals surface area contributed by atoms with Crippen LogP contribution < -0.4 is 11.1 Å². The lowest BCUT2D eigenvalue weighted by Gasteiger charge is -2.01. The van der Waals surface area contributed by atoms with E-state index in [1.54, 1.807) is 7.05 Å². The van der Waals surface area contributed by atoms with Crippen LogP contribution in [0.2, 0.25) is 0 Å². The molecule has 1 heterocycles. The first-order chi connectivity index (χ1) is 5.65. The van der Waals surface area contributed by atoms with Gasteiger partial charge in [0.2, 0.25) is 0 Å². The molecule has 0 aliphatic heterocycles. The van der Waals surface area contributed by atoms with E-state index in [1.165, 1.54) is 6.07 Å². The molecule has 0 saturated heterocycles. The lowest BCUT2D eigenvalue weighted by Crippen LogP contribution is -1.99. The number of nitro groups is 1. The van der Waals surface area contributed by atoms with E-state index in [0.717, 1.165) is 6.20 Å². The van der Waals surface area contributed by atoms with Crippen LogP contribution in [0, 0.1) is 10.1 Å². The van der Waals surface area contributed by atoms with Crippen LogP contribution in [0.3, 0.4) is 0 Å². The number of nitrogens with zero attached hydrogens (tertiary/aromatic N) is 2. The highest BCUT2D eigenvalue weighted by atomic mass is 16.6. The molecule has 64 valence electrons. The standard InChI is InChI=1S/C6H8N4O2/c1-8-5-2-4(10(11)12)3-9-6(5)7/h2-3,8H,1H3,(H2,7,9). The third-order valence-electron chi connectivity index (χ3n) is 1.38. The largest absolute Gasteiger partial charge is 0.385 e. The van der Waals surface area contributed by atoms with Gasteiger partial charge in [-0.3, -0.25) is 10.1 Å². The summed E-state index contributed by atoms with van der Waals surface area (Å²) in [4.78, 5) is 13.4. The molecule has 0 aliphatic rings. The zero-order valence-corrected chi connectivity index (χ0v) is 6.44. The second-order valence-electron chi connectivity index (χ2n) is 2.13. The van der Waals surface area contributed by atoms with Crippen molar-refractivity contribution < 1.29 is 4.92 Å². The Morgan fingerprint density at radius 2 is 2.42 bits per heavy atom. The fraction of sp³-hybridized carbons (Fsp3) is 0.167. The van der Waals surface area contributed by atoms with Crippen molar-refractivity contribution in [3.63, 3.8) is 0 Å². The molecule has 0 aliphatic carbocycles. The third kappa shape index (κ3) is 1.42. The Balaban J connectivity index is 3.13. The highest BCUT2D eigenvalue weighted by molar-refractivity contribution is 5.64. The van der Waals surface area contributed by atoms with E-state index in [-0.39, 0.29) is 11.5 Å². The van der Waals surface area contributed by atoms with Crippen molar-refractivity contribution in [1.29, 1.82) is 0 Å². The van der Waals surface area contributed by atoms with Crippen LogP contribution in [0.1, 0.15) is 0 Å². The molecule has 0 aromatic carbocycles. The first-order valence-electron chi connectivity index (χ1n) is 3.23. The highest BCUT2D eigenvalue weighted by Gasteiger charge is 2.08. The van der Waals surface area contributed by atoms with Gasteiger partial charge in [0, 0.05) is 13.1 Å². The van der Waals surface area contributed by atoms with Crippen LogP contribution in [-0.2, 0) is 0 Å². The molecule has 0 bridgehead atoms. The molecular weight excluding hydrogens is 160 g/mol. The van der Waals surface area contributed by atoms with Crippen LogP contribution in [0.5, 0.6) is 0 Å². The number of nitrogen functional groups attached to an aromatic ring is 1. The van der Waals surface area contributed by atoms with Crippen LogP contribution >= 0.6 is 0 Å². The Kier molecular flexibility index (Phi) is 2.09. The van der Waals surface area contributed by atoms with Crippen LogP contribution in [0.25, 0.3) is 0 Å². The molecule has 0 unspecified atom stereocenters. The van der Waals surface area contributed by atoms with Crippen molar-refractivity contribution in [2.45, 2.75) is 0 Å². The van der Waals surface area contributed by atoms with Gasteiger partial charge in [-0.05, 0) is 0 Å². The predicted molar refractivity (Wildman–Crippen MR) is 44.9 cm³/mol. The molecule has 1 aromatic rings. The minimum Gasteiger partial charge on any atom is -0.385 e. The first-order valence-corrected chi connectivity index (χ1v) is 3.23. The average Bonchev–Trinajstić information content (AvgIpc) is 2.05. The molecule has 0 atom stereocenters. The van der Waals surface area contributed by atoms with E-state index in [9.17, 15) is 10.1 Å². The quantitative estimate of drug-likeness (QED) is 0.498. The van der Waals surface area contributed by atoms with E-state index in [2.05, 4.69) is 10.3 Å². The summed E-state index contributed by atoms with van der Waals surface area (Å²) >= 11 is 0. The maximum atomic E-state index is 10.3. The van der Waals surface area contributed by atoms with E-state index in [1.807, 2.05) is 0 Å². The van der Waals surface area contributed by atoms with E-state index < -0.39 is 4.92 Å². The Morgan fingerprint density at radius 1 is 1.75 bits per heavy atom. The number of hydrogen-bond donors (Lipinski definition) is 2. The number of aromatic nitrogens is 1. The summed E-state index contributed by atoms with van der Waals surface area (Å²) in [7, 11) is 1.62. The summed E-state index contributed by atoms with van der Waals surface area (Å²) in [5.74, 6) is 0.253. The van der Waals surface area contributed by atoms with Crippen LogP contribution in [-0.4, -0.2) is 17.0 Å². The summed E-state index contributed by atoms with van der Waals surface area (Å²) < 4.78 is 0. The van der Waals surface area contributed by atoms with E-state index >= 15 is 0 Å². The van der Waals surface area contributed by atoms with Crippen molar-refractivity contribution in [1.82, 2.24) is 4.98 Å². The van der Waals surface area contributed by atoms with Crippen molar-refractivity contribution in [3.8, 4) is 0 Å². The van der Waals surface area contributed by atoms with Gasteiger partial charge in [0.15, 0.2) is 0 Å². The van der Waals surface area contributed by atoms with E-state index in [0.29, 0.717) is 5.69 Å². The van der Waals surface area contributed by atoms with E-state index in [4.69, 9.17) is 5.73 Å². The van der Waals surface area contributed by atoms with Crippen LogP contribution in [0.4, 0.5) is 17.2 Å². The van der Waals surface area contributed by atoms with Gasteiger partial charge >= 0.3 is 0 Å². The minimum atomic E-state index is -0.521. The van der Waals surface area contributed by atoms with Crippen LogP contribution in [0.15, 0.2) is 12.3 Å². The second kappa shape index (κ2) is 3.04. The lowest BCUT2D eigenvalue weighted by molar-refractivity contribution is -0.385. The SMILES string of the molecule is CNc1cc([N+](=O)[O-])cnc1N. The van der Waals surface area contributed by atoms with Crippen molar-refractivity contribution in [2.75, 3.05) is 18.1 Å². The first kappa shape index (κ1) is 8.25. The Hall–Kier alpha value is -1.85. The lowest BCUT2D eigenvalue weighted by atomic mass is 10.3. The maximum absolute atomic E-state index is 10.3. The van der Waals surface area contributed by atoms with Gasteiger partial charge in [0.1, 0.15) is 12.0 Å². The summed E-state index contributed by atoms with van der Waals surface area (Å²) in [6.45, 7) is 0. The zero-order chi connectivity index (χ0) is 9.14. The number of rotatable bonds is 2. The molecule has 0 amide bonds. The van der Waals surface area contributed by atoms with Crippen molar-refractivity contribution >= 4 is 17.2 Å². The van der Waals surface area contributed by atoms with Gasteiger partial charge in [-0.2, -0.15) is 0 Å². The third-order valence-corrected chi connectivity index (χ3v) is 1.38. The van der Waals surface area contributed by atoms with Gasteiger partial charge in [0.05, 0.1) is 10.6 Å². The average molecular weight is 168 g/mol. The van der Waals surface area contributed by atoms with Gasteiger partial charge < -0.3 is 11.1 Å². The Morgan fingerprint density at radius 3 is 2.92 bits per heavy atom. The normalized spacial score (nSPS) is 9.42. The highest BCUT2D eigenvalue weighted by Crippen LogP contribution is 2.20. The van der Waals surface area contributed by atoms with Crippen molar-refractivity contribution in [3.05, 3.63) is 22.4 Å². The van der Waals surface area contributed by atoms with Gasteiger partial charge in [0.25, 0.3) is 5.69 Å². The van der Waals surface area contributed by atoms with Crippen molar-refractivity contribution in [2.24, 2.45) is 0 Å². The fourth-order valence-corrected chi connectivity index (χ4v) is 0.764. The molecule has 0 radical (unpaired) electrons. The molecule has 12 heavy (non-hydrogen) atoms. The number of anilines is 2. The summed E-state index contributed by atoms with van der Waals surface area (Å²) in [5.41, 5.74) is 5.79. The molecular formula is C6H8N4O2. The summed E-state index contributed by atoms with van der Waals surface area (Å²) in [6.07, 6.45) is 1.12. The number of pyridine rings is 1. The van der Waals surface area contributed by atoms with Gasteiger partial charge in [-0.1, -0.05) is 0 Å². The number of nitrogens with two attached hydrogens (primary N) is 1. The summed E-state index contributed by atoms with van der Waals surface area (Å²) in [5, 5.41) is 13.0. The molecule has 0 fully saturated rings. The maximum Gasteiger partial charge on any atom is 0.289 e. The Bertz CT molecular complexity index is 312. The van der Waals surface area contributed by atoms with Gasteiger partial charge in [-0.25, -0.2) is 4.98 Å². The van der Waals surface area contributed by atoms with Gasteiger partial charge in [-0.15, -0.1) is 0 Å². The second-order valence-corrected chi connectivity index (χ2v) is 2.13. The predicted octanol–water partition coefficient (Wildman–Crippen LogP) is 0.614. The number of nitrogens with one attached hydrogen (secondary N) is 1. The monoisotopic (exact) mass is 168 g/mol. The molecule has 6 heteroatoms. The molecule has 6 nitrogen and oxygen atoms in total. The Labute approximate surface area is 68.6 Å². The zero-order valence-electron chi connectivity index (χ0n) is 6.44. The molecule has 1 aromatic heterocycles.